The van der Waals surface area contributed by atoms with Crippen molar-refractivity contribution in [3.63, 3.8) is 0 Å². The minimum absolute atomic E-state index is 0.430. The second kappa shape index (κ2) is 7.52. The zero-order valence-electron chi connectivity index (χ0n) is 14.6. The van der Waals surface area contributed by atoms with Gasteiger partial charge in [0.1, 0.15) is 17.3 Å². The van der Waals surface area contributed by atoms with E-state index in [2.05, 4.69) is 48.2 Å². The van der Waals surface area contributed by atoms with Crippen LogP contribution in [0.4, 0.5) is 0 Å². The normalized spacial score (nSPS) is 20.0. The maximum absolute atomic E-state index is 5.98. The molecule has 2 heterocycles. The molecule has 2 aromatic carbocycles. The third-order valence-electron chi connectivity index (χ3n) is 5.02. The van der Waals surface area contributed by atoms with Gasteiger partial charge in [0.15, 0.2) is 0 Å². The van der Waals surface area contributed by atoms with Crippen molar-refractivity contribution in [1.82, 2.24) is 4.90 Å². The maximum Gasteiger partial charge on any atom is 0.127 e. The zero-order chi connectivity index (χ0) is 17.1. The quantitative estimate of drug-likeness (QED) is 0.700. The molecule has 0 N–H and O–H groups in total. The number of hydrogen-bond donors (Lipinski definition) is 0. The topological polar surface area (TPSA) is 24.8 Å². The van der Waals surface area contributed by atoms with E-state index in [-0.39, 0.29) is 0 Å². The van der Waals surface area contributed by atoms with Crippen LogP contribution in [0.2, 0.25) is 0 Å². The Bertz CT molecular complexity index is 739. The van der Waals surface area contributed by atoms with Crippen molar-refractivity contribution in [3.05, 3.63) is 59.7 Å². The number of ether oxygens (including phenoxy) is 1. The molecule has 130 valence electrons. The largest absolute Gasteiger partial charge is 0.457 e. The highest BCUT2D eigenvalue weighted by molar-refractivity contribution is 7.98. The van der Waals surface area contributed by atoms with Crippen LogP contribution < -0.4 is 4.74 Å². The number of fused-ring (bicyclic) bond motifs is 1. The number of benzene rings is 2. The average molecular weight is 353 g/mol. The first-order valence-electron chi connectivity index (χ1n) is 9.15. The lowest BCUT2D eigenvalue weighted by molar-refractivity contribution is 0.371. The number of aryl methyl sites for hydroxylation is 1. The number of amidine groups is 1. The van der Waals surface area contributed by atoms with E-state index in [1.807, 2.05) is 12.1 Å². The highest BCUT2D eigenvalue weighted by Crippen LogP contribution is 2.33. The Labute approximate surface area is 154 Å². The molecule has 3 nitrogen and oxygen atoms in total. The van der Waals surface area contributed by atoms with E-state index in [1.165, 1.54) is 29.8 Å². The zero-order valence-corrected chi connectivity index (χ0v) is 15.5. The van der Waals surface area contributed by atoms with Crippen molar-refractivity contribution < 1.29 is 4.74 Å². The Hall–Kier alpha value is -1.94. The molecular formula is C21H24N2OS. The molecule has 4 heteroatoms. The van der Waals surface area contributed by atoms with E-state index in [0.29, 0.717) is 5.92 Å². The molecule has 2 aromatic rings. The van der Waals surface area contributed by atoms with Crippen LogP contribution in [-0.2, 0) is 6.42 Å². The van der Waals surface area contributed by atoms with Gasteiger partial charge in [-0.25, -0.2) is 4.40 Å². The van der Waals surface area contributed by atoms with Crippen molar-refractivity contribution in [2.45, 2.75) is 32.1 Å². The molecule has 1 saturated heterocycles. The van der Waals surface area contributed by atoms with Crippen LogP contribution >= 0.6 is 11.9 Å². The Kier molecular flexibility index (Phi) is 4.97. The first kappa shape index (κ1) is 16.5. The monoisotopic (exact) mass is 352 g/mol. The van der Waals surface area contributed by atoms with Crippen molar-refractivity contribution in [3.8, 4) is 11.5 Å². The lowest BCUT2D eigenvalue weighted by Gasteiger charge is -2.37. The van der Waals surface area contributed by atoms with E-state index >= 15 is 0 Å². The third-order valence-corrected chi connectivity index (χ3v) is 5.70. The van der Waals surface area contributed by atoms with Gasteiger partial charge in [-0.1, -0.05) is 31.2 Å². The summed E-state index contributed by atoms with van der Waals surface area (Å²) >= 11 is 1.71. The highest BCUT2D eigenvalue weighted by Gasteiger charge is 2.29. The molecule has 0 bridgehead atoms. The predicted octanol–water partition coefficient (Wildman–Crippen LogP) is 5.28. The Morgan fingerprint density at radius 1 is 1.04 bits per heavy atom. The van der Waals surface area contributed by atoms with Gasteiger partial charge in [-0.05, 0) is 66.6 Å². The molecule has 0 radical (unpaired) electrons. The molecule has 1 atom stereocenters. The van der Waals surface area contributed by atoms with Crippen LogP contribution in [0, 0.1) is 0 Å². The van der Waals surface area contributed by atoms with Crippen LogP contribution in [0.15, 0.2) is 52.9 Å². The number of nitrogens with zero attached hydrogens (tertiary/aromatic N) is 2. The highest BCUT2D eigenvalue weighted by atomic mass is 32.2. The van der Waals surface area contributed by atoms with Gasteiger partial charge in [0.2, 0.25) is 0 Å². The summed E-state index contributed by atoms with van der Waals surface area (Å²) in [7, 11) is 0. The van der Waals surface area contributed by atoms with Gasteiger partial charge >= 0.3 is 0 Å². The van der Waals surface area contributed by atoms with Crippen molar-refractivity contribution in [1.29, 1.82) is 0 Å². The molecule has 2 aliphatic rings. The molecule has 0 saturated carbocycles. The summed E-state index contributed by atoms with van der Waals surface area (Å²) < 4.78 is 10.7. The predicted molar refractivity (Wildman–Crippen MR) is 106 cm³/mol. The number of hydrogen-bond acceptors (Lipinski definition) is 4. The Balaban J connectivity index is 1.48. The molecule has 1 unspecified atom stereocenters. The molecular weight excluding hydrogens is 328 g/mol. The van der Waals surface area contributed by atoms with Gasteiger partial charge in [-0.15, -0.1) is 0 Å². The lowest BCUT2D eigenvalue weighted by Crippen LogP contribution is -2.42. The van der Waals surface area contributed by atoms with Crippen molar-refractivity contribution in [2.24, 2.45) is 4.40 Å². The van der Waals surface area contributed by atoms with Crippen molar-refractivity contribution in [2.75, 3.05) is 18.8 Å². The summed E-state index contributed by atoms with van der Waals surface area (Å²) in [6.07, 6.45) is 3.49. The summed E-state index contributed by atoms with van der Waals surface area (Å²) in [6.45, 7) is 4.45. The van der Waals surface area contributed by atoms with Crippen LogP contribution in [0.1, 0.15) is 36.8 Å². The fourth-order valence-electron chi connectivity index (χ4n) is 3.57. The molecule has 0 aliphatic carbocycles. The van der Waals surface area contributed by atoms with Crippen molar-refractivity contribution >= 4 is 17.8 Å². The van der Waals surface area contributed by atoms with Crippen LogP contribution in [0.5, 0.6) is 11.5 Å². The van der Waals surface area contributed by atoms with Crippen LogP contribution in [-0.4, -0.2) is 29.6 Å². The average Bonchev–Trinajstić information content (AvgIpc) is 2.69. The van der Waals surface area contributed by atoms with E-state index in [4.69, 9.17) is 9.13 Å². The molecule has 1 fully saturated rings. The fraction of sp³-hybridized carbons (Fsp3) is 0.381. The van der Waals surface area contributed by atoms with Gasteiger partial charge in [0.05, 0.1) is 0 Å². The first-order valence-corrected chi connectivity index (χ1v) is 10.1. The van der Waals surface area contributed by atoms with Gasteiger partial charge in [0, 0.05) is 24.8 Å². The molecule has 0 aromatic heterocycles. The summed E-state index contributed by atoms with van der Waals surface area (Å²) in [5, 5.41) is 0. The number of rotatable bonds is 4. The maximum atomic E-state index is 5.98. The van der Waals surface area contributed by atoms with E-state index in [0.717, 1.165) is 36.8 Å². The van der Waals surface area contributed by atoms with E-state index < -0.39 is 0 Å². The van der Waals surface area contributed by atoms with Gasteiger partial charge < -0.3 is 9.64 Å². The SMILES string of the molecule is CCc1ccc(Oc2ccc(C3CCCN4CCSN=C34)cc2)cc1. The molecule has 2 aliphatic heterocycles. The molecule has 0 spiro atoms. The Morgan fingerprint density at radius 2 is 1.76 bits per heavy atom. The summed E-state index contributed by atoms with van der Waals surface area (Å²) in [4.78, 5) is 2.46. The van der Waals surface area contributed by atoms with E-state index in [1.54, 1.807) is 11.9 Å². The smallest absolute Gasteiger partial charge is 0.127 e. The summed E-state index contributed by atoms with van der Waals surface area (Å²) in [5.74, 6) is 4.59. The summed E-state index contributed by atoms with van der Waals surface area (Å²) in [6, 6.07) is 16.9. The lowest BCUT2D eigenvalue weighted by atomic mass is 9.89. The van der Waals surface area contributed by atoms with Gasteiger partial charge in [0.25, 0.3) is 0 Å². The Morgan fingerprint density at radius 3 is 2.48 bits per heavy atom. The van der Waals surface area contributed by atoms with E-state index in [9.17, 15) is 0 Å². The van der Waals surface area contributed by atoms with Gasteiger partial charge in [-0.2, -0.15) is 0 Å². The van der Waals surface area contributed by atoms with Gasteiger partial charge in [-0.3, -0.25) is 0 Å². The molecule has 25 heavy (non-hydrogen) atoms. The fourth-order valence-corrected chi connectivity index (χ4v) is 4.34. The minimum Gasteiger partial charge on any atom is -0.457 e. The first-order chi connectivity index (χ1) is 12.3. The minimum atomic E-state index is 0.430. The summed E-state index contributed by atoms with van der Waals surface area (Å²) in [5.41, 5.74) is 2.68. The van der Waals surface area contributed by atoms with Crippen LogP contribution in [0.25, 0.3) is 0 Å². The number of piperidine rings is 1. The molecule has 0 amide bonds. The molecule has 4 rings (SSSR count). The second-order valence-corrected chi connectivity index (χ2v) is 7.48. The standard InChI is InChI=1S/C21H24N2OS/c1-2-16-5-9-18(10-6-16)24-19-11-7-17(8-12-19)20-4-3-13-23-14-15-25-22-21(20)23/h5-12,20H,2-4,13-15H2,1H3. The van der Waals surface area contributed by atoms with Crippen LogP contribution in [0.3, 0.4) is 0 Å². The third kappa shape index (κ3) is 3.69. The second-order valence-electron chi connectivity index (χ2n) is 6.63.